The molecule has 74 heavy (non-hydrogen) atoms. The Bertz CT molecular complexity index is 2280. The zero-order valence-corrected chi connectivity index (χ0v) is 44.9. The van der Waals surface area contributed by atoms with Crippen LogP contribution in [0.2, 0.25) is 0 Å². The highest BCUT2D eigenvalue weighted by Gasteiger charge is 2.65. The smallest absolute Gasteiger partial charge is 0.283 e. The summed E-state index contributed by atoms with van der Waals surface area (Å²) in [4.78, 5) is 11.2. The molecule has 0 amide bonds. The van der Waals surface area contributed by atoms with Crippen molar-refractivity contribution in [2.75, 3.05) is 13.2 Å². The van der Waals surface area contributed by atoms with Crippen molar-refractivity contribution in [1.29, 1.82) is 0 Å². The summed E-state index contributed by atoms with van der Waals surface area (Å²) in [5, 5.41) is 66.9. The van der Waals surface area contributed by atoms with Gasteiger partial charge in [0.25, 0.3) is 11.9 Å². The van der Waals surface area contributed by atoms with Gasteiger partial charge in [0, 0.05) is 13.8 Å². The van der Waals surface area contributed by atoms with Gasteiger partial charge in [0.15, 0.2) is 12.6 Å². The summed E-state index contributed by atoms with van der Waals surface area (Å²) >= 11 is 0. The molecule has 2 unspecified atom stereocenters. The van der Waals surface area contributed by atoms with Crippen LogP contribution in [0.3, 0.4) is 0 Å². The van der Waals surface area contributed by atoms with E-state index in [1.165, 1.54) is 11.1 Å². The maximum Gasteiger partial charge on any atom is 0.283 e. The summed E-state index contributed by atoms with van der Waals surface area (Å²) in [5.74, 6) is 0.164. The minimum absolute atomic E-state index is 0.0768. The average molecular weight is 1030 g/mol. The molecule has 4 aliphatic heterocycles. The quantitative estimate of drug-likeness (QED) is 0.198. The summed E-state index contributed by atoms with van der Waals surface area (Å²) in [6.07, 6.45) is 8.07. The lowest BCUT2D eigenvalue weighted by molar-refractivity contribution is -0.340. The molecule has 0 spiro atoms. The normalized spacial score (nSPS) is 56.0. The summed E-state index contributed by atoms with van der Waals surface area (Å²) in [6, 6.07) is 0. The molecular weight excluding hydrogens is 949 g/mol. The van der Waals surface area contributed by atoms with Crippen LogP contribution in [0.25, 0.3) is 0 Å². The molecule has 0 radical (unpaired) electrons. The second-order valence-electron chi connectivity index (χ2n) is 27.0. The first kappa shape index (κ1) is 51.4. The number of fused-ring (bicyclic) bond motifs is 14. The Labute approximate surface area is 436 Å². The molecule has 16 heteroatoms. The summed E-state index contributed by atoms with van der Waals surface area (Å²) < 4.78 is 48.0. The lowest BCUT2D eigenvalue weighted by Crippen LogP contribution is -2.59. The van der Waals surface area contributed by atoms with Gasteiger partial charge in [-0.2, -0.15) is 0 Å². The van der Waals surface area contributed by atoms with Crippen molar-refractivity contribution in [1.82, 2.24) is 9.97 Å². The predicted octanol–water partition coefficient (Wildman–Crippen LogP) is 5.33. The van der Waals surface area contributed by atoms with E-state index in [-0.39, 0.29) is 46.7 Å². The van der Waals surface area contributed by atoms with Crippen LogP contribution >= 0.6 is 0 Å². The molecule has 1 aromatic heterocycles. The number of allylic oxidation sites excluding steroid dienone is 2. The van der Waals surface area contributed by atoms with Gasteiger partial charge in [0.1, 0.15) is 36.6 Å². The van der Waals surface area contributed by atoms with Crippen molar-refractivity contribution in [2.24, 2.45) is 69.0 Å². The van der Waals surface area contributed by atoms with E-state index in [0.717, 1.165) is 113 Å². The van der Waals surface area contributed by atoms with Gasteiger partial charge in [-0.1, -0.05) is 51.0 Å². The van der Waals surface area contributed by atoms with Gasteiger partial charge in [-0.25, -0.2) is 0 Å². The van der Waals surface area contributed by atoms with E-state index in [2.05, 4.69) is 39.8 Å². The van der Waals surface area contributed by atoms with E-state index in [1.807, 2.05) is 0 Å². The van der Waals surface area contributed by atoms with Crippen LogP contribution < -0.4 is 0 Å². The van der Waals surface area contributed by atoms with E-state index in [1.54, 1.807) is 27.7 Å². The average Bonchev–Trinajstić information content (AvgIpc) is 4.06. The van der Waals surface area contributed by atoms with Crippen molar-refractivity contribution in [2.45, 2.75) is 231 Å². The van der Waals surface area contributed by atoms with Gasteiger partial charge >= 0.3 is 0 Å². The number of ether oxygens (including phenoxy) is 8. The van der Waals surface area contributed by atoms with E-state index in [4.69, 9.17) is 47.9 Å². The fourth-order valence-corrected chi connectivity index (χ4v) is 19.4. The number of aliphatic hydroxyl groups is 6. The molecule has 410 valence electrons. The molecule has 0 bridgehead atoms. The fourth-order valence-electron chi connectivity index (χ4n) is 19.4. The molecule has 4 saturated heterocycles. The Kier molecular flexibility index (Phi) is 12.3. The highest BCUT2D eigenvalue weighted by atomic mass is 16.9. The zero-order chi connectivity index (χ0) is 51.8. The third kappa shape index (κ3) is 7.70. The van der Waals surface area contributed by atoms with Crippen molar-refractivity contribution in [3.05, 3.63) is 46.1 Å². The maximum atomic E-state index is 12.5. The van der Waals surface area contributed by atoms with Gasteiger partial charge in [-0.3, -0.25) is 19.4 Å². The molecule has 12 aliphatic rings. The van der Waals surface area contributed by atoms with Crippen LogP contribution in [-0.4, -0.2) is 139 Å². The topological polar surface area (TPSA) is 221 Å². The van der Waals surface area contributed by atoms with Gasteiger partial charge in [-0.05, 0) is 173 Å². The standard InChI is InChI=1S/C58H84N2O14/c1-27-45(63)47(65)49-51(69-27)73-57(7,71-49)67-19-17-29-11-15-35-33-13-9-31-21-37-39(23-55(31,5)43(33)41(61)25-53(29,35)3)59-38-22-32-10-14-34-36-16-12-30(54(36,4)26-42(62)44(34)56(32,6)24-40(38)60-37)18-20-68-58(8)72-50-48(66)46(64)28(2)70-52(50)74-58/h17-18,27-28,31-36,41-52,61-66H,9-16,19-26H2,1-8H3/b29-17+,30-18+/t27-,28-,31+,32+,33+,34+,35+,36+,41+,42+,43-,44-,45-,46-,47+,48+,49+,50+,51+,52+,53-,54-,55+,56+,57?,58?/m1/s1. The third-order valence-corrected chi connectivity index (χ3v) is 23.2. The molecule has 1 aromatic rings. The van der Waals surface area contributed by atoms with Gasteiger partial charge < -0.3 is 59.1 Å². The minimum atomic E-state index is -1.42. The van der Waals surface area contributed by atoms with Crippen molar-refractivity contribution in [3.63, 3.8) is 0 Å². The summed E-state index contributed by atoms with van der Waals surface area (Å²) in [6.45, 7) is 17.0. The number of aliphatic hydroxyl groups excluding tert-OH is 6. The van der Waals surface area contributed by atoms with Crippen LogP contribution in [0.5, 0.6) is 0 Å². The van der Waals surface area contributed by atoms with Gasteiger partial charge in [0.2, 0.25) is 0 Å². The highest BCUT2D eigenvalue weighted by Crippen LogP contribution is 2.69. The molecule has 5 heterocycles. The van der Waals surface area contributed by atoms with E-state index < -0.39 is 85.6 Å². The number of hydrogen-bond donors (Lipinski definition) is 6. The number of rotatable bonds is 6. The van der Waals surface area contributed by atoms with Crippen molar-refractivity contribution >= 4 is 0 Å². The fraction of sp³-hybridized carbons (Fsp3) is 0.862. The van der Waals surface area contributed by atoms with Crippen LogP contribution in [-0.2, 0) is 63.6 Å². The Morgan fingerprint density at radius 1 is 0.527 bits per heavy atom. The maximum absolute atomic E-state index is 12.5. The first-order valence-corrected chi connectivity index (χ1v) is 28.7. The number of nitrogens with zero attached hydrogens (tertiary/aromatic N) is 2. The van der Waals surface area contributed by atoms with Crippen LogP contribution in [0.15, 0.2) is 23.3 Å². The lowest BCUT2D eigenvalue weighted by Gasteiger charge is -2.62. The molecule has 13 rings (SSSR count). The molecule has 16 nitrogen and oxygen atoms in total. The Balaban J connectivity index is 0.672. The zero-order valence-electron chi connectivity index (χ0n) is 44.9. The van der Waals surface area contributed by atoms with Crippen LogP contribution in [0.1, 0.15) is 142 Å². The first-order valence-electron chi connectivity index (χ1n) is 28.7. The van der Waals surface area contributed by atoms with E-state index in [9.17, 15) is 30.6 Å². The monoisotopic (exact) mass is 1030 g/mol. The lowest BCUT2D eigenvalue weighted by atomic mass is 9.44. The molecular formula is C58H84N2O14. The van der Waals surface area contributed by atoms with Crippen molar-refractivity contribution < 1.29 is 68.5 Å². The molecule has 10 fully saturated rings. The van der Waals surface area contributed by atoms with Crippen molar-refractivity contribution in [3.8, 4) is 0 Å². The number of hydrogen-bond acceptors (Lipinski definition) is 16. The Hall–Kier alpha value is -2.00. The second kappa shape index (κ2) is 17.8. The van der Waals surface area contributed by atoms with Crippen LogP contribution in [0, 0.1) is 69.0 Å². The molecule has 6 N–H and O–H groups in total. The summed E-state index contributed by atoms with van der Waals surface area (Å²) in [7, 11) is 0. The van der Waals surface area contributed by atoms with Crippen LogP contribution in [0.4, 0.5) is 0 Å². The highest BCUT2D eigenvalue weighted by molar-refractivity contribution is 5.33. The van der Waals surface area contributed by atoms with Gasteiger partial charge in [-0.15, -0.1) is 0 Å². The molecule has 0 aromatic carbocycles. The van der Waals surface area contributed by atoms with E-state index >= 15 is 0 Å². The molecule has 6 saturated carbocycles. The largest absolute Gasteiger partial charge is 0.393 e. The SMILES string of the molecule is C[C@H]1O[C@H]2OC(C)(OC/C=C3\CC[C@H]4[C@@H]5CC[C@H]6Cc7nc8c(nc7C[C@]6(C)[C@H]5[C@@H](O)C[C@]34C)C[C@@H]3CC[C@@H]4[C@H]([C@@H](O)C[C@]5(C)/C(=C/COC6(C)O[C@@H]7O[C@H](C)[C@@H](O)[C@H](O)[C@@H]7O6)CC[C@@H]45)[C@@]3(C)C8)O[C@H]2[C@@H](O)[C@@H]1O. The minimum Gasteiger partial charge on any atom is -0.393 e. The first-order chi connectivity index (χ1) is 35.0. The molecule has 8 aliphatic carbocycles. The van der Waals surface area contributed by atoms with Gasteiger partial charge in [0.05, 0.1) is 60.4 Å². The predicted molar refractivity (Wildman–Crippen MR) is 265 cm³/mol. The number of aromatic nitrogens is 2. The summed E-state index contributed by atoms with van der Waals surface area (Å²) in [5.41, 5.74) is 6.85. The second-order valence-corrected chi connectivity index (χ2v) is 27.0. The van der Waals surface area contributed by atoms with E-state index in [0.29, 0.717) is 35.5 Å². The molecule has 26 atom stereocenters. The third-order valence-electron chi connectivity index (χ3n) is 23.2. The Morgan fingerprint density at radius 2 is 0.932 bits per heavy atom. The Morgan fingerprint density at radius 3 is 1.34 bits per heavy atom.